The predicted molar refractivity (Wildman–Crippen MR) is 108 cm³/mol. The number of anilines is 1. The minimum atomic E-state index is -4.65. The highest BCUT2D eigenvalue weighted by atomic mass is 19.4. The number of aliphatic hydroxyl groups is 1. The molecule has 7 nitrogen and oxygen atoms in total. The Kier molecular flexibility index (Phi) is 6.21. The van der Waals surface area contributed by atoms with Gasteiger partial charge in [-0.2, -0.15) is 13.2 Å². The van der Waals surface area contributed by atoms with E-state index >= 15 is 0 Å². The van der Waals surface area contributed by atoms with E-state index in [4.69, 9.17) is 4.74 Å². The molecule has 3 aromatic heterocycles. The van der Waals surface area contributed by atoms with Gasteiger partial charge in [-0.05, 0) is 45.7 Å². The Bertz CT molecular complexity index is 1090. The number of aryl methyl sites for hydroxylation is 1. The average Bonchev–Trinajstić information content (AvgIpc) is 3.07. The Morgan fingerprint density at radius 1 is 1.23 bits per heavy atom. The van der Waals surface area contributed by atoms with E-state index in [1.807, 2.05) is 0 Å². The van der Waals surface area contributed by atoms with Crippen LogP contribution in [0.4, 0.5) is 18.9 Å². The molecule has 166 valence electrons. The third kappa shape index (κ3) is 5.72. The van der Waals surface area contributed by atoms with Crippen LogP contribution in [-0.2, 0) is 12.6 Å². The van der Waals surface area contributed by atoms with Gasteiger partial charge in [-0.3, -0.25) is 4.79 Å². The summed E-state index contributed by atoms with van der Waals surface area (Å²) in [6.45, 7) is 5.51. The van der Waals surface area contributed by atoms with Gasteiger partial charge in [0.25, 0.3) is 5.91 Å². The maximum atomic E-state index is 12.9. The SMILES string of the molecule is CCOc1cc2nc(CCC(C)(C)O)cn2cc1NC(=O)c1cccc(C(F)(F)F)n1. The van der Waals surface area contributed by atoms with Crippen LogP contribution in [0.3, 0.4) is 0 Å². The summed E-state index contributed by atoms with van der Waals surface area (Å²) in [6.07, 6.45) is -0.256. The number of nitrogens with zero attached hydrogens (tertiary/aromatic N) is 3. The Labute approximate surface area is 176 Å². The summed E-state index contributed by atoms with van der Waals surface area (Å²) in [5, 5.41) is 12.5. The molecular formula is C21H23F3N4O3. The van der Waals surface area contributed by atoms with E-state index < -0.39 is 23.4 Å². The van der Waals surface area contributed by atoms with Crippen LogP contribution in [-0.4, -0.2) is 37.6 Å². The molecule has 0 saturated heterocycles. The molecule has 0 atom stereocenters. The fourth-order valence-corrected chi connectivity index (χ4v) is 2.90. The summed E-state index contributed by atoms with van der Waals surface area (Å²) in [5.41, 5.74) is -0.758. The van der Waals surface area contributed by atoms with Gasteiger partial charge in [0.2, 0.25) is 0 Å². The van der Waals surface area contributed by atoms with Crippen molar-refractivity contribution in [3.63, 3.8) is 0 Å². The Morgan fingerprint density at radius 2 is 1.97 bits per heavy atom. The van der Waals surface area contributed by atoms with Crippen LogP contribution in [0.5, 0.6) is 5.75 Å². The summed E-state index contributed by atoms with van der Waals surface area (Å²) >= 11 is 0. The van der Waals surface area contributed by atoms with Crippen molar-refractivity contribution in [3.8, 4) is 5.75 Å². The smallest absolute Gasteiger partial charge is 0.433 e. The van der Waals surface area contributed by atoms with Gasteiger partial charge in [0.05, 0.1) is 17.9 Å². The van der Waals surface area contributed by atoms with Crippen molar-refractivity contribution in [3.05, 3.63) is 53.7 Å². The maximum Gasteiger partial charge on any atom is 0.433 e. The van der Waals surface area contributed by atoms with Crippen LogP contribution < -0.4 is 10.1 Å². The number of carbonyl (C=O) groups excluding carboxylic acids is 1. The zero-order valence-corrected chi connectivity index (χ0v) is 17.3. The van der Waals surface area contributed by atoms with Crippen molar-refractivity contribution in [2.75, 3.05) is 11.9 Å². The van der Waals surface area contributed by atoms with Crippen molar-refractivity contribution < 1.29 is 27.8 Å². The van der Waals surface area contributed by atoms with E-state index in [1.165, 1.54) is 6.07 Å². The summed E-state index contributed by atoms with van der Waals surface area (Å²) in [6, 6.07) is 4.76. The van der Waals surface area contributed by atoms with Crippen molar-refractivity contribution in [1.82, 2.24) is 14.4 Å². The molecule has 31 heavy (non-hydrogen) atoms. The summed E-state index contributed by atoms with van der Waals surface area (Å²) in [5.74, 6) is -0.469. The first kappa shape index (κ1) is 22.5. The van der Waals surface area contributed by atoms with Gasteiger partial charge < -0.3 is 19.6 Å². The van der Waals surface area contributed by atoms with Gasteiger partial charge in [0.15, 0.2) is 0 Å². The van der Waals surface area contributed by atoms with Gasteiger partial charge in [-0.15, -0.1) is 0 Å². The summed E-state index contributed by atoms with van der Waals surface area (Å²) in [7, 11) is 0. The van der Waals surface area contributed by atoms with Crippen LogP contribution in [0.15, 0.2) is 36.7 Å². The van der Waals surface area contributed by atoms with E-state index in [9.17, 15) is 23.1 Å². The number of nitrogens with one attached hydrogen (secondary N) is 1. The van der Waals surface area contributed by atoms with Crippen LogP contribution in [0, 0.1) is 0 Å². The van der Waals surface area contributed by atoms with E-state index in [0.717, 1.165) is 17.8 Å². The van der Waals surface area contributed by atoms with Crippen molar-refractivity contribution in [1.29, 1.82) is 0 Å². The molecule has 0 spiro atoms. The Morgan fingerprint density at radius 3 is 2.61 bits per heavy atom. The first-order valence-corrected chi connectivity index (χ1v) is 9.68. The molecule has 0 unspecified atom stereocenters. The normalized spacial score (nSPS) is 12.2. The molecule has 0 bridgehead atoms. The number of halogens is 3. The highest BCUT2D eigenvalue weighted by Crippen LogP contribution is 2.29. The van der Waals surface area contributed by atoms with E-state index in [0.29, 0.717) is 30.8 Å². The number of rotatable bonds is 7. The zero-order valence-electron chi connectivity index (χ0n) is 17.3. The molecule has 0 aliphatic heterocycles. The maximum absolute atomic E-state index is 12.9. The fourth-order valence-electron chi connectivity index (χ4n) is 2.90. The largest absolute Gasteiger partial charge is 0.491 e. The first-order valence-electron chi connectivity index (χ1n) is 9.68. The molecule has 1 amide bonds. The summed E-state index contributed by atoms with van der Waals surface area (Å²) in [4.78, 5) is 20.5. The molecule has 3 rings (SSSR count). The molecule has 10 heteroatoms. The third-order valence-corrected chi connectivity index (χ3v) is 4.42. The Hall–Kier alpha value is -3.14. The highest BCUT2D eigenvalue weighted by Gasteiger charge is 2.33. The van der Waals surface area contributed by atoms with Crippen molar-refractivity contribution in [2.45, 2.75) is 45.4 Å². The second kappa shape index (κ2) is 8.54. The molecule has 0 aliphatic carbocycles. The number of amides is 1. The summed E-state index contributed by atoms with van der Waals surface area (Å²) < 4.78 is 45.9. The Balaban J connectivity index is 1.89. The van der Waals surface area contributed by atoms with E-state index in [2.05, 4.69) is 15.3 Å². The molecule has 3 heterocycles. The number of alkyl halides is 3. The molecule has 0 saturated carbocycles. The average molecular weight is 436 g/mol. The van der Waals surface area contributed by atoms with Gasteiger partial charge in [0, 0.05) is 18.5 Å². The molecule has 0 radical (unpaired) electrons. The molecule has 0 aromatic carbocycles. The van der Waals surface area contributed by atoms with Gasteiger partial charge in [0.1, 0.15) is 28.5 Å². The number of hydrogen-bond acceptors (Lipinski definition) is 5. The molecular weight excluding hydrogens is 413 g/mol. The monoisotopic (exact) mass is 436 g/mol. The number of aromatic nitrogens is 3. The highest BCUT2D eigenvalue weighted by molar-refractivity contribution is 6.03. The first-order chi connectivity index (χ1) is 14.5. The van der Waals surface area contributed by atoms with Crippen LogP contribution in [0.25, 0.3) is 5.65 Å². The standard InChI is InChI=1S/C21H23F3N4O3/c1-4-31-16-10-18-25-13(8-9-20(2,3)30)11-28(18)12-15(16)27-19(29)14-6-5-7-17(26-14)21(22,23)24/h5-7,10-12,30H,4,8-9H2,1-3H3,(H,27,29). The molecule has 2 N–H and O–H groups in total. The van der Waals surface area contributed by atoms with Gasteiger partial charge >= 0.3 is 6.18 Å². The number of hydrogen-bond donors (Lipinski definition) is 2. The van der Waals surface area contributed by atoms with Crippen molar-refractivity contribution >= 4 is 17.2 Å². The molecule has 0 aliphatic rings. The van der Waals surface area contributed by atoms with E-state index in [-0.39, 0.29) is 11.4 Å². The second-order valence-corrected chi connectivity index (χ2v) is 7.65. The number of fused-ring (bicyclic) bond motifs is 1. The topological polar surface area (TPSA) is 88.8 Å². The second-order valence-electron chi connectivity index (χ2n) is 7.65. The lowest BCUT2D eigenvalue weighted by atomic mass is 10.0. The number of carbonyl (C=O) groups is 1. The fraction of sp³-hybridized carbons (Fsp3) is 0.381. The third-order valence-electron chi connectivity index (χ3n) is 4.42. The molecule has 0 fully saturated rings. The van der Waals surface area contributed by atoms with Crippen LogP contribution >= 0.6 is 0 Å². The lowest BCUT2D eigenvalue weighted by Crippen LogP contribution is -2.19. The van der Waals surface area contributed by atoms with Crippen molar-refractivity contribution in [2.24, 2.45) is 0 Å². The lowest BCUT2D eigenvalue weighted by molar-refractivity contribution is -0.141. The molecule has 3 aromatic rings. The lowest BCUT2D eigenvalue weighted by Gasteiger charge is -2.15. The minimum absolute atomic E-state index is 0.269. The number of pyridine rings is 2. The minimum Gasteiger partial charge on any atom is -0.491 e. The van der Waals surface area contributed by atoms with Crippen LogP contribution in [0.2, 0.25) is 0 Å². The van der Waals surface area contributed by atoms with E-state index in [1.54, 1.807) is 43.6 Å². The zero-order chi connectivity index (χ0) is 22.8. The predicted octanol–water partition coefficient (Wildman–Crippen LogP) is 4.10. The van der Waals surface area contributed by atoms with Gasteiger partial charge in [-0.25, -0.2) is 9.97 Å². The number of ether oxygens (including phenoxy) is 1. The van der Waals surface area contributed by atoms with Crippen LogP contribution in [0.1, 0.15) is 49.1 Å². The quantitative estimate of drug-likeness (QED) is 0.582. The number of imidazole rings is 1. The van der Waals surface area contributed by atoms with Gasteiger partial charge in [-0.1, -0.05) is 6.07 Å².